The Labute approximate surface area is 217 Å². The van der Waals surface area contributed by atoms with Crippen molar-refractivity contribution in [3.8, 4) is 0 Å². The van der Waals surface area contributed by atoms with Crippen LogP contribution in [-0.4, -0.2) is 59.5 Å². The van der Waals surface area contributed by atoms with Crippen LogP contribution in [-0.2, 0) is 42.9 Å². The van der Waals surface area contributed by atoms with Gasteiger partial charge in [0.2, 0.25) is 0 Å². The Morgan fingerprint density at radius 1 is 1.16 bits per heavy atom. The fourth-order valence-electron chi connectivity index (χ4n) is 3.52. The highest BCUT2D eigenvalue weighted by Crippen LogP contribution is 2.33. The Hall–Kier alpha value is -1.64. The SMILES string of the molecule is C=C(OS(=O)(=O)C(F)(F)F)[C@H](C)C[C@@H](CC[C@@H]1O[C@@H](CCCOC(=O)C(C)(C)C)CC1=C)OS(C)(=O)=O. The molecule has 0 aromatic heterocycles. The van der Waals surface area contributed by atoms with Gasteiger partial charge in [0.1, 0.15) is 5.76 Å². The monoisotopic (exact) mass is 578 g/mol. The summed E-state index contributed by atoms with van der Waals surface area (Å²) in [6.45, 7) is 14.1. The molecule has 0 radical (unpaired) electrons. The van der Waals surface area contributed by atoms with E-state index < -0.39 is 55.0 Å². The minimum atomic E-state index is -5.89. The second-order valence-corrected chi connectivity index (χ2v) is 13.4. The van der Waals surface area contributed by atoms with Crippen LogP contribution in [0.1, 0.15) is 66.2 Å². The summed E-state index contributed by atoms with van der Waals surface area (Å²) in [5.41, 5.74) is -5.41. The van der Waals surface area contributed by atoms with Gasteiger partial charge in [-0.25, -0.2) is 0 Å². The molecular formula is C23H37F3O9S2. The Morgan fingerprint density at radius 2 is 1.76 bits per heavy atom. The molecule has 0 aromatic rings. The second-order valence-electron chi connectivity index (χ2n) is 10.2. The molecule has 0 amide bonds. The summed E-state index contributed by atoms with van der Waals surface area (Å²) in [5, 5.41) is 0. The van der Waals surface area contributed by atoms with E-state index in [0.29, 0.717) is 25.7 Å². The molecule has 1 rings (SSSR count). The molecule has 0 bridgehead atoms. The molecule has 0 spiro atoms. The summed E-state index contributed by atoms with van der Waals surface area (Å²) in [4.78, 5) is 11.8. The molecular weight excluding hydrogens is 541 g/mol. The van der Waals surface area contributed by atoms with E-state index in [1.54, 1.807) is 20.8 Å². The van der Waals surface area contributed by atoms with Crippen molar-refractivity contribution in [3.05, 3.63) is 24.5 Å². The van der Waals surface area contributed by atoms with Crippen LogP contribution in [0, 0.1) is 11.3 Å². The maximum atomic E-state index is 12.6. The smallest absolute Gasteiger partial charge is 0.465 e. The number of halogens is 3. The number of ether oxygens (including phenoxy) is 2. The van der Waals surface area contributed by atoms with Crippen LogP contribution in [0.5, 0.6) is 0 Å². The highest BCUT2D eigenvalue weighted by molar-refractivity contribution is 7.87. The first-order valence-electron chi connectivity index (χ1n) is 11.7. The number of rotatable bonds is 14. The van der Waals surface area contributed by atoms with Gasteiger partial charge >= 0.3 is 21.6 Å². The number of esters is 1. The van der Waals surface area contributed by atoms with Crippen molar-refractivity contribution in [1.82, 2.24) is 0 Å². The Balaban J connectivity index is 2.66. The molecule has 4 atom stereocenters. The predicted octanol–water partition coefficient (Wildman–Crippen LogP) is 4.60. The summed E-state index contributed by atoms with van der Waals surface area (Å²) >= 11 is 0. The maximum absolute atomic E-state index is 12.6. The molecule has 0 unspecified atom stereocenters. The van der Waals surface area contributed by atoms with Gasteiger partial charge in [-0.3, -0.25) is 8.98 Å². The number of alkyl halides is 3. The van der Waals surface area contributed by atoms with Crippen LogP contribution in [0.3, 0.4) is 0 Å². The fraction of sp³-hybridized carbons (Fsp3) is 0.783. The molecule has 14 heteroatoms. The van der Waals surface area contributed by atoms with Crippen molar-refractivity contribution in [2.75, 3.05) is 12.9 Å². The van der Waals surface area contributed by atoms with E-state index in [-0.39, 0.29) is 31.5 Å². The number of carbonyl (C=O) groups excluding carboxylic acids is 1. The quantitative estimate of drug-likeness (QED) is 0.0727. The molecule has 0 aliphatic carbocycles. The third-order valence-electron chi connectivity index (χ3n) is 5.55. The second kappa shape index (κ2) is 12.9. The van der Waals surface area contributed by atoms with Crippen LogP contribution >= 0.6 is 0 Å². The van der Waals surface area contributed by atoms with Gasteiger partial charge in [-0.2, -0.15) is 30.0 Å². The van der Waals surface area contributed by atoms with Crippen LogP contribution in [0.4, 0.5) is 13.2 Å². The summed E-state index contributed by atoms with van der Waals surface area (Å²) in [5.74, 6) is -1.95. The van der Waals surface area contributed by atoms with Gasteiger partial charge in [0, 0.05) is 5.92 Å². The molecule has 0 N–H and O–H groups in total. The number of allylic oxidation sites excluding steroid dienone is 1. The summed E-state index contributed by atoms with van der Waals surface area (Å²) < 4.78 is 104. The molecule has 1 aliphatic rings. The maximum Gasteiger partial charge on any atom is 0.534 e. The van der Waals surface area contributed by atoms with Crippen LogP contribution in [0.2, 0.25) is 0 Å². The van der Waals surface area contributed by atoms with Crippen LogP contribution in [0.25, 0.3) is 0 Å². The van der Waals surface area contributed by atoms with Crippen molar-refractivity contribution < 1.29 is 52.6 Å². The molecule has 1 aliphatic heterocycles. The lowest BCUT2D eigenvalue weighted by Crippen LogP contribution is -2.28. The summed E-state index contributed by atoms with van der Waals surface area (Å²) in [6, 6.07) is 0. The number of hydrogen-bond donors (Lipinski definition) is 0. The normalized spacial score (nSPS) is 20.9. The van der Waals surface area contributed by atoms with Gasteiger partial charge in [0.05, 0.1) is 36.6 Å². The molecule has 1 heterocycles. The number of hydrogen-bond acceptors (Lipinski definition) is 9. The first-order valence-corrected chi connectivity index (χ1v) is 14.9. The molecule has 0 saturated carbocycles. The molecule has 216 valence electrons. The minimum absolute atomic E-state index is 0.135. The van der Waals surface area contributed by atoms with Crippen molar-refractivity contribution in [2.45, 2.75) is 90.0 Å². The average Bonchev–Trinajstić information content (AvgIpc) is 3.05. The third-order valence-corrected chi connectivity index (χ3v) is 7.17. The molecule has 1 saturated heterocycles. The first-order chi connectivity index (χ1) is 16.6. The predicted molar refractivity (Wildman–Crippen MR) is 130 cm³/mol. The standard InChI is InChI=1S/C23H37F3O9S2/c1-15(17(3)34-37(30,31)23(24,25)26)13-19(35-36(7,28)29)10-11-20-16(2)14-18(33-20)9-8-12-32-21(27)22(4,5)6/h15,18-20H,2-3,8-14H2,1,4-7H3/t15-,18+,19-,20+/m1/s1. The van der Waals surface area contributed by atoms with Gasteiger partial charge in [0.25, 0.3) is 10.1 Å². The van der Waals surface area contributed by atoms with Crippen molar-refractivity contribution >= 4 is 26.2 Å². The lowest BCUT2D eigenvalue weighted by atomic mass is 9.96. The van der Waals surface area contributed by atoms with Gasteiger partial charge < -0.3 is 13.7 Å². The molecule has 1 fully saturated rings. The van der Waals surface area contributed by atoms with E-state index in [9.17, 15) is 34.8 Å². The van der Waals surface area contributed by atoms with Crippen molar-refractivity contribution in [1.29, 1.82) is 0 Å². The van der Waals surface area contributed by atoms with E-state index in [0.717, 1.165) is 11.8 Å². The topological polar surface area (TPSA) is 122 Å². The van der Waals surface area contributed by atoms with E-state index in [1.807, 2.05) is 0 Å². The zero-order valence-corrected chi connectivity index (χ0v) is 23.4. The van der Waals surface area contributed by atoms with Gasteiger partial charge in [0.15, 0.2) is 0 Å². The zero-order chi connectivity index (χ0) is 28.8. The van der Waals surface area contributed by atoms with Crippen LogP contribution < -0.4 is 0 Å². The highest BCUT2D eigenvalue weighted by atomic mass is 32.2. The van der Waals surface area contributed by atoms with Gasteiger partial charge in [-0.05, 0) is 64.9 Å². The van der Waals surface area contributed by atoms with E-state index in [2.05, 4.69) is 17.3 Å². The Morgan fingerprint density at radius 3 is 2.27 bits per heavy atom. The minimum Gasteiger partial charge on any atom is -0.465 e. The summed E-state index contributed by atoms with van der Waals surface area (Å²) in [7, 11) is -9.82. The van der Waals surface area contributed by atoms with Gasteiger partial charge in [-0.15, -0.1) is 0 Å². The van der Waals surface area contributed by atoms with Crippen LogP contribution in [0.15, 0.2) is 24.5 Å². The van der Waals surface area contributed by atoms with Gasteiger partial charge in [-0.1, -0.05) is 20.1 Å². The van der Waals surface area contributed by atoms with E-state index in [1.165, 1.54) is 6.92 Å². The average molecular weight is 579 g/mol. The van der Waals surface area contributed by atoms with Crippen molar-refractivity contribution in [3.63, 3.8) is 0 Å². The number of carbonyl (C=O) groups is 1. The summed E-state index contributed by atoms with van der Waals surface area (Å²) in [6.07, 6.45) is 1.36. The van der Waals surface area contributed by atoms with Crippen molar-refractivity contribution in [2.24, 2.45) is 11.3 Å². The lowest BCUT2D eigenvalue weighted by molar-refractivity contribution is -0.153. The Kier molecular flexibility index (Phi) is 11.7. The lowest BCUT2D eigenvalue weighted by Gasteiger charge is -2.23. The third kappa shape index (κ3) is 11.7. The fourth-order valence-corrected chi connectivity index (χ4v) is 4.73. The largest absolute Gasteiger partial charge is 0.534 e. The first kappa shape index (κ1) is 33.4. The molecule has 0 aromatic carbocycles. The van der Waals surface area contributed by atoms with E-state index >= 15 is 0 Å². The Bertz CT molecular complexity index is 1030. The van der Waals surface area contributed by atoms with E-state index in [4.69, 9.17) is 13.7 Å². The molecule has 9 nitrogen and oxygen atoms in total. The molecule has 37 heavy (non-hydrogen) atoms. The highest BCUT2D eigenvalue weighted by Gasteiger charge is 2.49. The zero-order valence-electron chi connectivity index (χ0n) is 21.8.